The number of carbonyl (C=O) groups is 1. The van der Waals surface area contributed by atoms with Gasteiger partial charge in [0.15, 0.2) is 17.2 Å². The van der Waals surface area contributed by atoms with E-state index in [-0.39, 0.29) is 18.5 Å². The summed E-state index contributed by atoms with van der Waals surface area (Å²) in [4.78, 5) is 16.5. The van der Waals surface area contributed by atoms with Gasteiger partial charge < -0.3 is 19.3 Å². The highest BCUT2D eigenvalue weighted by Gasteiger charge is 2.20. The first-order valence-corrected chi connectivity index (χ1v) is 9.15. The highest BCUT2D eigenvalue weighted by Crippen LogP contribution is 2.34. The van der Waals surface area contributed by atoms with Crippen molar-refractivity contribution in [1.82, 2.24) is 25.1 Å². The van der Waals surface area contributed by atoms with E-state index in [1.165, 1.54) is 5.56 Å². The van der Waals surface area contributed by atoms with Crippen molar-refractivity contribution >= 4 is 11.6 Å². The van der Waals surface area contributed by atoms with Gasteiger partial charge in [0.2, 0.25) is 12.6 Å². The van der Waals surface area contributed by atoms with Gasteiger partial charge in [0.1, 0.15) is 0 Å². The van der Waals surface area contributed by atoms with Crippen LogP contribution in [0.4, 0.5) is 5.69 Å². The molecule has 0 unspecified atom stereocenters. The molecule has 0 atom stereocenters. The fourth-order valence-corrected chi connectivity index (χ4v) is 2.94. The first-order valence-electron chi connectivity index (χ1n) is 9.15. The van der Waals surface area contributed by atoms with E-state index in [0.717, 1.165) is 5.56 Å². The zero-order valence-electron chi connectivity index (χ0n) is 15.9. The molecular formula is C20H16N6O4. The van der Waals surface area contributed by atoms with Crippen LogP contribution in [-0.4, -0.2) is 37.8 Å². The molecule has 1 N–H and O–H groups in total. The molecule has 1 aliphatic rings. The number of anilines is 1. The molecule has 0 fully saturated rings. The van der Waals surface area contributed by atoms with Crippen molar-refractivity contribution in [3.05, 3.63) is 65.7 Å². The molecule has 10 heteroatoms. The number of aromatic nitrogens is 5. The van der Waals surface area contributed by atoms with Gasteiger partial charge in [0.05, 0.1) is 12.7 Å². The molecule has 10 nitrogen and oxygen atoms in total. The lowest BCUT2D eigenvalue weighted by Gasteiger charge is -2.03. The normalized spacial score (nSPS) is 12.2. The van der Waals surface area contributed by atoms with Gasteiger partial charge in [-0.2, -0.15) is 4.98 Å². The van der Waals surface area contributed by atoms with Crippen molar-refractivity contribution in [2.24, 2.45) is 0 Å². The molecule has 5 rings (SSSR count). The second-order valence-corrected chi connectivity index (χ2v) is 6.73. The van der Waals surface area contributed by atoms with Gasteiger partial charge in [0.25, 0.3) is 0 Å². The van der Waals surface area contributed by atoms with Crippen LogP contribution >= 0.6 is 0 Å². The van der Waals surface area contributed by atoms with Crippen LogP contribution in [0.1, 0.15) is 21.8 Å². The molecule has 4 aromatic rings. The summed E-state index contributed by atoms with van der Waals surface area (Å²) < 4.78 is 17.3. The predicted molar refractivity (Wildman–Crippen MR) is 104 cm³/mol. The monoisotopic (exact) mass is 404 g/mol. The minimum absolute atomic E-state index is 0.157. The third-order valence-electron chi connectivity index (χ3n) is 4.48. The molecule has 30 heavy (non-hydrogen) atoms. The minimum atomic E-state index is -0.542. The number of ether oxygens (including phenoxy) is 2. The predicted octanol–water partition coefficient (Wildman–Crippen LogP) is 2.67. The van der Waals surface area contributed by atoms with E-state index < -0.39 is 5.91 Å². The standard InChI is InChI=1S/C20H16N6O4/c1-12-2-4-13(5-3-12)9-26-10-15(23-25-26)18-22-20(30-24-18)19(27)21-14-6-7-16-17(8-14)29-11-28-16/h2-8,10H,9,11H2,1H3,(H,21,27). The van der Waals surface area contributed by atoms with Crippen molar-refractivity contribution in [3.8, 4) is 23.0 Å². The van der Waals surface area contributed by atoms with Crippen LogP contribution in [0, 0.1) is 6.92 Å². The molecular weight excluding hydrogens is 388 g/mol. The highest BCUT2D eigenvalue weighted by atomic mass is 16.7. The fourth-order valence-electron chi connectivity index (χ4n) is 2.94. The maximum absolute atomic E-state index is 12.4. The van der Waals surface area contributed by atoms with E-state index in [0.29, 0.717) is 29.4 Å². The molecule has 150 valence electrons. The van der Waals surface area contributed by atoms with Gasteiger partial charge in [-0.1, -0.05) is 40.2 Å². The number of benzene rings is 2. The SMILES string of the molecule is Cc1ccc(Cn2cc(-c3noc(C(=O)Nc4ccc5c(c4)OCO5)n3)nn2)cc1. The zero-order valence-corrected chi connectivity index (χ0v) is 15.9. The molecule has 0 saturated heterocycles. The van der Waals surface area contributed by atoms with E-state index in [1.807, 2.05) is 31.2 Å². The van der Waals surface area contributed by atoms with Gasteiger partial charge in [-0.15, -0.1) is 5.10 Å². The van der Waals surface area contributed by atoms with Crippen LogP contribution in [0.5, 0.6) is 11.5 Å². The maximum atomic E-state index is 12.4. The second kappa shape index (κ2) is 7.32. The molecule has 1 amide bonds. The van der Waals surface area contributed by atoms with E-state index in [2.05, 4.69) is 25.8 Å². The van der Waals surface area contributed by atoms with Crippen LogP contribution in [-0.2, 0) is 6.54 Å². The van der Waals surface area contributed by atoms with E-state index in [1.54, 1.807) is 29.1 Å². The molecule has 0 bridgehead atoms. The molecule has 2 aromatic heterocycles. The first-order chi connectivity index (χ1) is 14.6. The average Bonchev–Trinajstić information content (AvgIpc) is 3.49. The van der Waals surface area contributed by atoms with E-state index >= 15 is 0 Å². The largest absolute Gasteiger partial charge is 0.454 e. The number of nitrogens with one attached hydrogen (secondary N) is 1. The number of nitrogens with zero attached hydrogens (tertiary/aromatic N) is 5. The van der Waals surface area contributed by atoms with E-state index in [9.17, 15) is 4.79 Å². The quantitative estimate of drug-likeness (QED) is 0.539. The number of rotatable bonds is 5. The Hall–Kier alpha value is -4.21. The number of hydrogen-bond acceptors (Lipinski definition) is 8. The lowest BCUT2D eigenvalue weighted by atomic mass is 10.1. The number of fused-ring (bicyclic) bond motifs is 1. The summed E-state index contributed by atoms with van der Waals surface area (Å²) in [6.45, 7) is 2.75. The van der Waals surface area contributed by atoms with Crippen molar-refractivity contribution in [2.45, 2.75) is 13.5 Å². The first kappa shape index (κ1) is 17.9. The number of amides is 1. The van der Waals surface area contributed by atoms with Crippen molar-refractivity contribution < 1.29 is 18.8 Å². The summed E-state index contributed by atoms with van der Waals surface area (Å²) in [5.41, 5.74) is 3.21. The van der Waals surface area contributed by atoms with Crippen LogP contribution in [0.2, 0.25) is 0 Å². The van der Waals surface area contributed by atoms with Crippen LogP contribution < -0.4 is 14.8 Å². The molecule has 1 aliphatic heterocycles. The van der Waals surface area contributed by atoms with Crippen LogP contribution in [0.3, 0.4) is 0 Å². The van der Waals surface area contributed by atoms with Gasteiger partial charge in [-0.05, 0) is 24.6 Å². The molecule has 0 spiro atoms. The Morgan fingerprint density at radius 1 is 1.13 bits per heavy atom. The van der Waals surface area contributed by atoms with Gasteiger partial charge in [0, 0.05) is 11.8 Å². The Morgan fingerprint density at radius 2 is 1.97 bits per heavy atom. The summed E-state index contributed by atoms with van der Waals surface area (Å²) in [6.07, 6.45) is 1.70. The number of aryl methyl sites for hydroxylation is 1. The molecule has 0 saturated carbocycles. The summed E-state index contributed by atoms with van der Waals surface area (Å²) in [7, 11) is 0. The molecule has 0 radical (unpaired) electrons. The Kier molecular flexibility index (Phi) is 4.36. The van der Waals surface area contributed by atoms with Crippen molar-refractivity contribution in [3.63, 3.8) is 0 Å². The van der Waals surface area contributed by atoms with Crippen LogP contribution in [0.25, 0.3) is 11.5 Å². The van der Waals surface area contributed by atoms with Gasteiger partial charge in [-0.25, -0.2) is 4.68 Å². The smallest absolute Gasteiger partial charge is 0.316 e. The summed E-state index contributed by atoms with van der Waals surface area (Å²) >= 11 is 0. The maximum Gasteiger partial charge on any atom is 0.316 e. The number of hydrogen-bond donors (Lipinski definition) is 1. The zero-order chi connectivity index (χ0) is 20.5. The Balaban J connectivity index is 1.27. The molecule has 0 aliphatic carbocycles. The fraction of sp³-hybridized carbons (Fsp3) is 0.150. The Bertz CT molecular complexity index is 1210. The lowest BCUT2D eigenvalue weighted by molar-refractivity contribution is 0.0981. The Labute approximate surface area is 170 Å². The number of carbonyl (C=O) groups excluding carboxylic acids is 1. The third kappa shape index (κ3) is 3.58. The average molecular weight is 404 g/mol. The lowest BCUT2D eigenvalue weighted by Crippen LogP contribution is -2.12. The Morgan fingerprint density at radius 3 is 2.83 bits per heavy atom. The highest BCUT2D eigenvalue weighted by molar-refractivity contribution is 6.01. The van der Waals surface area contributed by atoms with E-state index in [4.69, 9.17) is 14.0 Å². The molecule has 2 aromatic carbocycles. The third-order valence-corrected chi connectivity index (χ3v) is 4.48. The summed E-state index contributed by atoms with van der Waals surface area (Å²) in [6, 6.07) is 13.2. The van der Waals surface area contributed by atoms with Crippen LogP contribution in [0.15, 0.2) is 53.2 Å². The van der Waals surface area contributed by atoms with Gasteiger partial charge in [-0.3, -0.25) is 4.79 Å². The summed E-state index contributed by atoms with van der Waals surface area (Å²) in [5.74, 6) is 0.641. The van der Waals surface area contributed by atoms with Gasteiger partial charge >= 0.3 is 11.8 Å². The molecule has 3 heterocycles. The minimum Gasteiger partial charge on any atom is -0.454 e. The topological polar surface area (TPSA) is 117 Å². The van der Waals surface area contributed by atoms with Crippen molar-refractivity contribution in [1.29, 1.82) is 0 Å². The van der Waals surface area contributed by atoms with Crippen molar-refractivity contribution in [2.75, 3.05) is 12.1 Å². The summed E-state index contributed by atoms with van der Waals surface area (Å²) in [5, 5.41) is 14.7. The second-order valence-electron chi connectivity index (χ2n) is 6.73.